The van der Waals surface area contributed by atoms with Gasteiger partial charge in [0.2, 0.25) is 0 Å². The van der Waals surface area contributed by atoms with Crippen LogP contribution < -0.4 is 5.32 Å². The molecule has 0 unspecified atom stereocenters. The Morgan fingerprint density at radius 1 is 1.43 bits per heavy atom. The van der Waals surface area contributed by atoms with Gasteiger partial charge in [0.25, 0.3) is 0 Å². The molecule has 0 saturated heterocycles. The van der Waals surface area contributed by atoms with Crippen LogP contribution in [0.1, 0.15) is 39.5 Å². The van der Waals surface area contributed by atoms with Crippen LogP contribution in [0.3, 0.4) is 0 Å². The van der Waals surface area contributed by atoms with E-state index in [9.17, 15) is 4.79 Å². The second-order valence-electron chi connectivity index (χ2n) is 6.15. The molecule has 0 aromatic carbocycles. The SMILES string of the molecule is CC(C)N(CCNCc1ccc(Br)s1)C(=O)OC(C)(C)C. The highest BCUT2D eigenvalue weighted by molar-refractivity contribution is 9.11. The largest absolute Gasteiger partial charge is 0.444 e. The summed E-state index contributed by atoms with van der Waals surface area (Å²) in [6, 6.07) is 4.26. The van der Waals surface area contributed by atoms with E-state index in [-0.39, 0.29) is 12.1 Å². The fourth-order valence-electron chi connectivity index (χ4n) is 1.74. The highest BCUT2D eigenvalue weighted by Crippen LogP contribution is 2.21. The minimum absolute atomic E-state index is 0.123. The maximum Gasteiger partial charge on any atom is 0.410 e. The van der Waals surface area contributed by atoms with Crippen LogP contribution >= 0.6 is 27.3 Å². The summed E-state index contributed by atoms with van der Waals surface area (Å²) in [6.45, 7) is 11.9. The van der Waals surface area contributed by atoms with Crippen molar-refractivity contribution >= 4 is 33.4 Å². The normalized spacial score (nSPS) is 11.8. The van der Waals surface area contributed by atoms with Crippen molar-refractivity contribution in [3.05, 3.63) is 20.8 Å². The van der Waals surface area contributed by atoms with Crippen LogP contribution in [0, 0.1) is 0 Å². The van der Waals surface area contributed by atoms with E-state index >= 15 is 0 Å². The summed E-state index contributed by atoms with van der Waals surface area (Å²) >= 11 is 5.17. The first-order chi connectivity index (χ1) is 9.69. The molecule has 21 heavy (non-hydrogen) atoms. The average molecular weight is 377 g/mol. The topological polar surface area (TPSA) is 41.6 Å². The second-order valence-corrected chi connectivity index (χ2v) is 8.70. The molecule has 6 heteroatoms. The lowest BCUT2D eigenvalue weighted by Crippen LogP contribution is -2.44. The number of nitrogens with one attached hydrogen (secondary N) is 1. The number of hydrogen-bond acceptors (Lipinski definition) is 4. The summed E-state index contributed by atoms with van der Waals surface area (Å²) in [5, 5.41) is 3.36. The third-order valence-electron chi connectivity index (χ3n) is 2.71. The lowest BCUT2D eigenvalue weighted by Gasteiger charge is -2.30. The number of halogens is 1. The number of rotatable bonds is 6. The first-order valence-corrected chi connectivity index (χ1v) is 8.74. The van der Waals surface area contributed by atoms with Gasteiger partial charge in [-0.25, -0.2) is 4.79 Å². The molecule has 1 amide bonds. The summed E-state index contributed by atoms with van der Waals surface area (Å²) in [4.78, 5) is 15.2. The van der Waals surface area contributed by atoms with Crippen molar-refractivity contribution < 1.29 is 9.53 Å². The molecule has 1 aromatic rings. The monoisotopic (exact) mass is 376 g/mol. The Bertz CT molecular complexity index is 455. The van der Waals surface area contributed by atoms with Crippen molar-refractivity contribution in [1.29, 1.82) is 0 Å². The van der Waals surface area contributed by atoms with Crippen LogP contribution in [0.25, 0.3) is 0 Å². The molecular weight excluding hydrogens is 352 g/mol. The van der Waals surface area contributed by atoms with Crippen molar-refractivity contribution in [3.8, 4) is 0 Å². The Labute approximate surface area is 140 Å². The van der Waals surface area contributed by atoms with Gasteiger partial charge in [0.05, 0.1) is 3.79 Å². The van der Waals surface area contributed by atoms with Crippen molar-refractivity contribution in [2.24, 2.45) is 0 Å². The Morgan fingerprint density at radius 3 is 2.57 bits per heavy atom. The van der Waals surface area contributed by atoms with E-state index < -0.39 is 5.60 Å². The molecule has 1 heterocycles. The summed E-state index contributed by atoms with van der Waals surface area (Å²) < 4.78 is 6.57. The summed E-state index contributed by atoms with van der Waals surface area (Å²) in [5.41, 5.74) is -0.457. The molecule has 0 aliphatic carbocycles. The van der Waals surface area contributed by atoms with Gasteiger partial charge in [-0.3, -0.25) is 0 Å². The lowest BCUT2D eigenvalue weighted by atomic mass is 10.2. The van der Waals surface area contributed by atoms with E-state index in [0.717, 1.165) is 16.9 Å². The van der Waals surface area contributed by atoms with Crippen LogP contribution in [-0.4, -0.2) is 35.7 Å². The third-order valence-corrected chi connectivity index (χ3v) is 4.33. The van der Waals surface area contributed by atoms with Gasteiger partial charge in [0.1, 0.15) is 5.60 Å². The van der Waals surface area contributed by atoms with Gasteiger partial charge < -0.3 is 15.0 Å². The van der Waals surface area contributed by atoms with Gasteiger partial charge in [0.15, 0.2) is 0 Å². The predicted molar refractivity (Wildman–Crippen MR) is 91.8 cm³/mol. The average Bonchev–Trinajstić information content (AvgIpc) is 2.71. The van der Waals surface area contributed by atoms with Gasteiger partial charge >= 0.3 is 6.09 Å². The summed E-state index contributed by atoms with van der Waals surface area (Å²) in [5.74, 6) is 0. The standard InChI is InChI=1S/C15H25BrN2O2S/c1-11(2)18(14(19)20-15(3,4)5)9-8-17-10-12-6-7-13(16)21-12/h6-7,11,17H,8-10H2,1-5H3. The highest BCUT2D eigenvalue weighted by Gasteiger charge is 2.23. The molecule has 0 aliphatic rings. The maximum atomic E-state index is 12.1. The maximum absolute atomic E-state index is 12.1. The molecule has 1 rings (SSSR count). The van der Waals surface area contributed by atoms with Gasteiger partial charge in [0, 0.05) is 30.6 Å². The molecule has 0 aliphatic heterocycles. The lowest BCUT2D eigenvalue weighted by molar-refractivity contribution is 0.0193. The molecule has 4 nitrogen and oxygen atoms in total. The number of carbonyl (C=O) groups is 1. The van der Waals surface area contributed by atoms with E-state index in [1.807, 2.05) is 40.7 Å². The molecule has 0 bridgehead atoms. The minimum atomic E-state index is -0.457. The smallest absolute Gasteiger partial charge is 0.410 e. The van der Waals surface area contributed by atoms with Gasteiger partial charge in [-0.05, 0) is 62.7 Å². The quantitative estimate of drug-likeness (QED) is 0.754. The fraction of sp³-hybridized carbons (Fsp3) is 0.667. The minimum Gasteiger partial charge on any atom is -0.444 e. The number of thiophene rings is 1. The van der Waals surface area contributed by atoms with Crippen LogP contribution in [0.5, 0.6) is 0 Å². The number of ether oxygens (including phenoxy) is 1. The molecular formula is C15H25BrN2O2S. The number of hydrogen-bond donors (Lipinski definition) is 1. The molecule has 1 N–H and O–H groups in total. The van der Waals surface area contributed by atoms with Crippen LogP contribution in [0.2, 0.25) is 0 Å². The Hall–Kier alpha value is -0.590. The highest BCUT2D eigenvalue weighted by atomic mass is 79.9. The van der Waals surface area contributed by atoms with Crippen LogP contribution in [0.4, 0.5) is 4.79 Å². The van der Waals surface area contributed by atoms with E-state index in [2.05, 4.69) is 27.3 Å². The van der Waals surface area contributed by atoms with Gasteiger partial charge in [-0.15, -0.1) is 11.3 Å². The fourth-order valence-corrected chi connectivity index (χ4v) is 3.19. The molecule has 0 fully saturated rings. The van der Waals surface area contributed by atoms with E-state index in [1.54, 1.807) is 16.2 Å². The van der Waals surface area contributed by atoms with Crippen molar-refractivity contribution in [2.45, 2.75) is 52.8 Å². The zero-order valence-corrected chi connectivity index (χ0v) is 15.8. The first kappa shape index (κ1) is 18.5. The molecule has 0 saturated carbocycles. The van der Waals surface area contributed by atoms with Crippen molar-refractivity contribution in [3.63, 3.8) is 0 Å². The molecule has 0 atom stereocenters. The Balaban J connectivity index is 2.39. The number of carbonyl (C=O) groups excluding carboxylic acids is 1. The van der Waals surface area contributed by atoms with Crippen molar-refractivity contribution in [2.75, 3.05) is 13.1 Å². The predicted octanol–water partition coefficient (Wildman–Crippen LogP) is 4.25. The van der Waals surface area contributed by atoms with E-state index in [1.165, 1.54) is 4.88 Å². The first-order valence-electron chi connectivity index (χ1n) is 7.13. The Morgan fingerprint density at radius 2 is 2.10 bits per heavy atom. The molecule has 120 valence electrons. The number of nitrogens with zero attached hydrogens (tertiary/aromatic N) is 1. The van der Waals surface area contributed by atoms with E-state index in [4.69, 9.17) is 4.74 Å². The molecule has 1 aromatic heterocycles. The third kappa shape index (κ3) is 7.29. The van der Waals surface area contributed by atoms with Crippen LogP contribution in [0.15, 0.2) is 15.9 Å². The van der Waals surface area contributed by atoms with Gasteiger partial charge in [-0.1, -0.05) is 0 Å². The zero-order chi connectivity index (χ0) is 16.0. The molecule has 0 spiro atoms. The summed E-state index contributed by atoms with van der Waals surface area (Å²) in [6.07, 6.45) is -0.252. The van der Waals surface area contributed by atoms with Crippen LogP contribution in [-0.2, 0) is 11.3 Å². The van der Waals surface area contributed by atoms with Crippen molar-refractivity contribution in [1.82, 2.24) is 10.2 Å². The second kappa shape index (κ2) is 8.15. The Kier molecular flexibility index (Phi) is 7.16. The molecule has 0 radical (unpaired) electrons. The number of amides is 1. The van der Waals surface area contributed by atoms with Gasteiger partial charge in [-0.2, -0.15) is 0 Å². The van der Waals surface area contributed by atoms with E-state index in [0.29, 0.717) is 6.54 Å². The zero-order valence-electron chi connectivity index (χ0n) is 13.4. The summed E-state index contributed by atoms with van der Waals surface area (Å²) in [7, 11) is 0.